The number of hydrogen-bond acceptors (Lipinski definition) is 2. The number of ketones is 2. The zero-order valence-electron chi connectivity index (χ0n) is 8.15. The summed E-state index contributed by atoms with van der Waals surface area (Å²) in [5, 5.41) is 0. The highest BCUT2D eigenvalue weighted by molar-refractivity contribution is 9.10. The topological polar surface area (TPSA) is 34.1 Å². The third kappa shape index (κ3) is 3.62. The van der Waals surface area contributed by atoms with Crippen LogP contribution in [0.1, 0.15) is 16.8 Å². The highest BCUT2D eigenvalue weighted by Crippen LogP contribution is 2.21. The number of carbonyl (C=O) groups excluding carboxylic acids is 2. The summed E-state index contributed by atoms with van der Waals surface area (Å²) < 4.78 is 49.2. The molecule has 92 valence electrons. The van der Waals surface area contributed by atoms with E-state index in [1.807, 2.05) is 0 Å². The molecule has 0 unspecified atom stereocenters. The number of rotatable bonds is 3. The molecule has 1 rings (SSSR count). The Morgan fingerprint density at radius 2 is 1.82 bits per heavy atom. The van der Waals surface area contributed by atoms with Crippen molar-refractivity contribution in [3.8, 4) is 0 Å². The van der Waals surface area contributed by atoms with Crippen LogP contribution < -0.4 is 0 Å². The molecule has 0 radical (unpaired) electrons. The Kier molecular flexibility index (Phi) is 4.03. The highest BCUT2D eigenvalue weighted by Gasteiger charge is 2.39. The molecule has 0 amide bonds. The summed E-state index contributed by atoms with van der Waals surface area (Å²) >= 11 is 2.93. The Morgan fingerprint density at radius 1 is 1.24 bits per heavy atom. The van der Waals surface area contributed by atoms with E-state index in [4.69, 9.17) is 0 Å². The van der Waals surface area contributed by atoms with Crippen molar-refractivity contribution in [2.24, 2.45) is 0 Å². The quantitative estimate of drug-likeness (QED) is 0.487. The second-order valence-corrected chi connectivity index (χ2v) is 4.06. The smallest absolute Gasteiger partial charge is 0.294 e. The van der Waals surface area contributed by atoms with Crippen LogP contribution in [0.25, 0.3) is 0 Å². The minimum atomic E-state index is -5.08. The van der Waals surface area contributed by atoms with Crippen molar-refractivity contribution in [2.75, 3.05) is 0 Å². The van der Waals surface area contributed by atoms with Gasteiger partial charge in [-0.2, -0.15) is 13.2 Å². The molecule has 0 saturated heterocycles. The first kappa shape index (κ1) is 13.8. The minimum Gasteiger partial charge on any atom is -0.294 e. The van der Waals surface area contributed by atoms with E-state index in [-0.39, 0.29) is 0 Å². The van der Waals surface area contributed by atoms with Crippen LogP contribution in [-0.4, -0.2) is 17.7 Å². The predicted molar refractivity (Wildman–Crippen MR) is 54.1 cm³/mol. The molecule has 0 heterocycles. The third-order valence-electron chi connectivity index (χ3n) is 1.87. The second kappa shape index (κ2) is 4.95. The summed E-state index contributed by atoms with van der Waals surface area (Å²) in [5.41, 5.74) is -0.536. The molecule has 0 aromatic heterocycles. The van der Waals surface area contributed by atoms with Gasteiger partial charge in [0.2, 0.25) is 5.78 Å². The van der Waals surface area contributed by atoms with Gasteiger partial charge in [0.05, 0.1) is 12.0 Å². The highest BCUT2D eigenvalue weighted by atomic mass is 79.9. The molecular weight excluding hydrogens is 308 g/mol. The summed E-state index contributed by atoms with van der Waals surface area (Å²) in [7, 11) is 0. The van der Waals surface area contributed by atoms with Gasteiger partial charge in [0, 0.05) is 4.47 Å². The lowest BCUT2D eigenvalue weighted by molar-refractivity contribution is -0.170. The van der Waals surface area contributed by atoms with Gasteiger partial charge in [-0.25, -0.2) is 4.39 Å². The van der Waals surface area contributed by atoms with E-state index >= 15 is 0 Å². The van der Waals surface area contributed by atoms with Gasteiger partial charge in [0.1, 0.15) is 5.82 Å². The summed E-state index contributed by atoms with van der Waals surface area (Å²) in [6, 6.07) is 3.26. The first-order chi connectivity index (χ1) is 7.71. The van der Waals surface area contributed by atoms with Crippen LogP contribution in [0.15, 0.2) is 22.7 Å². The molecule has 0 fully saturated rings. The number of hydrogen-bond donors (Lipinski definition) is 0. The third-order valence-corrected chi connectivity index (χ3v) is 2.36. The van der Waals surface area contributed by atoms with Gasteiger partial charge in [-0.1, -0.05) is 15.9 Å². The van der Waals surface area contributed by atoms with Gasteiger partial charge in [0.15, 0.2) is 5.78 Å². The van der Waals surface area contributed by atoms with Crippen LogP contribution in [-0.2, 0) is 4.79 Å². The Balaban J connectivity index is 2.88. The van der Waals surface area contributed by atoms with Gasteiger partial charge in [0.25, 0.3) is 0 Å². The molecule has 0 N–H and O–H groups in total. The van der Waals surface area contributed by atoms with Crippen molar-refractivity contribution in [3.63, 3.8) is 0 Å². The molecule has 2 nitrogen and oxygen atoms in total. The van der Waals surface area contributed by atoms with E-state index in [2.05, 4.69) is 15.9 Å². The zero-order valence-corrected chi connectivity index (χ0v) is 9.73. The predicted octanol–water partition coefficient (Wildman–Crippen LogP) is 3.29. The van der Waals surface area contributed by atoms with E-state index < -0.39 is 35.5 Å². The number of Topliss-reactive ketones (excluding diaryl/α,β-unsaturated/α-hetero) is 2. The summed E-state index contributed by atoms with van der Waals surface area (Å²) in [6.45, 7) is 0. The largest absolute Gasteiger partial charge is 0.450 e. The van der Waals surface area contributed by atoms with Crippen LogP contribution in [0.4, 0.5) is 17.6 Å². The first-order valence-electron chi connectivity index (χ1n) is 4.30. The lowest BCUT2D eigenvalue weighted by Crippen LogP contribution is -2.25. The Morgan fingerprint density at radius 3 is 2.29 bits per heavy atom. The Hall–Kier alpha value is -1.24. The fourth-order valence-electron chi connectivity index (χ4n) is 1.06. The normalized spacial score (nSPS) is 11.4. The molecule has 0 aliphatic carbocycles. The molecule has 1 aromatic carbocycles. The van der Waals surface area contributed by atoms with E-state index in [0.29, 0.717) is 4.47 Å². The molecule has 0 aliphatic rings. The van der Waals surface area contributed by atoms with E-state index in [1.165, 1.54) is 6.07 Å². The molecule has 0 atom stereocenters. The van der Waals surface area contributed by atoms with Crippen molar-refractivity contribution < 1.29 is 27.2 Å². The lowest BCUT2D eigenvalue weighted by atomic mass is 10.1. The average molecular weight is 313 g/mol. The van der Waals surface area contributed by atoms with Gasteiger partial charge >= 0.3 is 6.18 Å². The summed E-state index contributed by atoms with van der Waals surface area (Å²) in [5.74, 6) is -4.36. The molecular formula is C10H5BrF4O2. The lowest BCUT2D eigenvalue weighted by Gasteiger charge is -2.05. The van der Waals surface area contributed by atoms with Gasteiger partial charge < -0.3 is 0 Å². The van der Waals surface area contributed by atoms with Crippen LogP contribution in [0.3, 0.4) is 0 Å². The first-order valence-corrected chi connectivity index (χ1v) is 5.09. The molecule has 0 aliphatic heterocycles. The fraction of sp³-hybridized carbons (Fsp3) is 0.200. The molecule has 0 bridgehead atoms. The maximum absolute atomic E-state index is 13.2. The maximum Gasteiger partial charge on any atom is 0.450 e. The van der Waals surface area contributed by atoms with E-state index in [0.717, 1.165) is 12.1 Å². The van der Waals surface area contributed by atoms with E-state index in [1.54, 1.807) is 0 Å². The molecule has 17 heavy (non-hydrogen) atoms. The van der Waals surface area contributed by atoms with Crippen LogP contribution in [0.5, 0.6) is 0 Å². The number of carbonyl (C=O) groups is 2. The van der Waals surface area contributed by atoms with Crippen LogP contribution >= 0.6 is 15.9 Å². The molecule has 0 spiro atoms. The second-order valence-electron chi connectivity index (χ2n) is 3.15. The van der Waals surface area contributed by atoms with Gasteiger partial charge in [-0.05, 0) is 18.2 Å². The Bertz CT molecular complexity index is 468. The fourth-order valence-corrected chi connectivity index (χ4v) is 1.39. The Labute approximate surface area is 102 Å². The van der Waals surface area contributed by atoms with Gasteiger partial charge in [-0.15, -0.1) is 0 Å². The zero-order chi connectivity index (χ0) is 13.2. The van der Waals surface area contributed by atoms with Gasteiger partial charge in [-0.3, -0.25) is 9.59 Å². The van der Waals surface area contributed by atoms with Crippen LogP contribution in [0, 0.1) is 5.82 Å². The average Bonchev–Trinajstić information content (AvgIpc) is 2.15. The van der Waals surface area contributed by atoms with Crippen LogP contribution in [0.2, 0.25) is 0 Å². The maximum atomic E-state index is 13.2. The summed E-state index contributed by atoms with van der Waals surface area (Å²) in [4.78, 5) is 21.8. The number of benzene rings is 1. The van der Waals surface area contributed by atoms with Crippen molar-refractivity contribution in [3.05, 3.63) is 34.1 Å². The number of alkyl halides is 3. The number of halogens is 5. The van der Waals surface area contributed by atoms with E-state index in [9.17, 15) is 27.2 Å². The monoisotopic (exact) mass is 312 g/mol. The molecule has 1 aromatic rings. The van der Waals surface area contributed by atoms with Crippen molar-refractivity contribution in [1.29, 1.82) is 0 Å². The van der Waals surface area contributed by atoms with Crippen molar-refractivity contribution in [1.82, 2.24) is 0 Å². The molecule has 0 saturated carbocycles. The minimum absolute atomic E-state index is 0.341. The summed E-state index contributed by atoms with van der Waals surface area (Å²) in [6.07, 6.45) is -6.47. The SMILES string of the molecule is O=C(CC(=O)C(F)(F)F)c1ccc(Br)cc1F. The van der Waals surface area contributed by atoms with Crippen molar-refractivity contribution in [2.45, 2.75) is 12.6 Å². The molecule has 7 heteroatoms. The van der Waals surface area contributed by atoms with Crippen molar-refractivity contribution >= 4 is 27.5 Å². The standard InChI is InChI=1S/C10H5BrF4O2/c11-5-1-2-6(7(12)3-5)8(16)4-9(17)10(13,14)15/h1-3H,4H2.